The summed E-state index contributed by atoms with van der Waals surface area (Å²) in [7, 11) is -2.85. The molecule has 1 aliphatic rings. The van der Waals surface area contributed by atoms with E-state index in [0.29, 0.717) is 11.2 Å². The van der Waals surface area contributed by atoms with Crippen molar-refractivity contribution in [3.8, 4) is 11.6 Å². The second kappa shape index (κ2) is 12.7. The van der Waals surface area contributed by atoms with E-state index < -0.39 is 50.2 Å². The van der Waals surface area contributed by atoms with E-state index >= 15 is 0 Å². The fraction of sp³-hybridized carbons (Fsp3) is 0.500. The van der Waals surface area contributed by atoms with Crippen molar-refractivity contribution in [2.75, 3.05) is 19.5 Å². The third-order valence-corrected chi connectivity index (χ3v) is 8.52. The number of carbonyl (C=O) groups excluding carboxylic acids is 1. The number of aliphatic hydroxyl groups is 1. The Morgan fingerprint density at radius 1 is 1.27 bits per heavy atom. The van der Waals surface area contributed by atoms with E-state index in [4.69, 9.17) is 52.2 Å². The Morgan fingerprint density at radius 3 is 2.66 bits per heavy atom. The fourth-order valence-corrected chi connectivity index (χ4v) is 5.92. The van der Waals surface area contributed by atoms with Crippen LogP contribution in [0.1, 0.15) is 33.9 Å². The molecule has 4 rings (SSSR count). The molecule has 0 bridgehead atoms. The molecule has 14 nitrogen and oxygen atoms in total. The SMILES string of the molecule is COc1nc(N)nc2c1ncn2[C@@H]1O[C@H](COP(=O)(N[C@@H](C)C(=O)OC(C)C)Oc2ccc(Cl)c(Cl)c2)[C@@H](O)[C@@H]1C. The normalized spacial score (nSPS) is 23.0. The topological polar surface area (TPSA) is 182 Å². The van der Waals surface area contributed by atoms with Crippen LogP contribution >= 0.6 is 30.9 Å². The smallest absolute Gasteiger partial charge is 0.459 e. The van der Waals surface area contributed by atoms with Gasteiger partial charge in [0.05, 0.1) is 42.3 Å². The fourth-order valence-electron chi connectivity index (χ4n) is 4.14. The number of imidazole rings is 1. The average Bonchev–Trinajstić information content (AvgIpc) is 3.44. The molecule has 0 radical (unpaired) electrons. The second-order valence-electron chi connectivity index (χ2n) is 9.63. The maximum absolute atomic E-state index is 13.9. The van der Waals surface area contributed by atoms with Gasteiger partial charge in [-0.25, -0.2) is 9.55 Å². The number of aliphatic hydroxyl groups excluding tert-OH is 1. The number of nitrogens with two attached hydrogens (primary N) is 1. The molecule has 41 heavy (non-hydrogen) atoms. The number of nitrogens with zero attached hydrogens (tertiary/aromatic N) is 4. The van der Waals surface area contributed by atoms with Crippen molar-refractivity contribution in [2.24, 2.45) is 5.92 Å². The number of ether oxygens (including phenoxy) is 3. The minimum atomic E-state index is -4.28. The van der Waals surface area contributed by atoms with Gasteiger partial charge in [0.1, 0.15) is 24.1 Å². The number of rotatable bonds is 11. The molecule has 4 N–H and O–H groups in total. The number of carbonyl (C=O) groups is 1. The number of halogens is 2. The Kier molecular flexibility index (Phi) is 9.64. The molecule has 2 aromatic heterocycles. The van der Waals surface area contributed by atoms with Crippen LogP contribution in [0.25, 0.3) is 11.2 Å². The third-order valence-electron chi connectivity index (χ3n) is 6.14. The van der Waals surface area contributed by atoms with Crippen LogP contribution in [0.3, 0.4) is 0 Å². The first kappa shape index (κ1) is 31.2. The van der Waals surface area contributed by atoms with Crippen molar-refractivity contribution in [1.29, 1.82) is 0 Å². The molecule has 1 saturated heterocycles. The molecule has 0 spiro atoms. The van der Waals surface area contributed by atoms with E-state index in [2.05, 4.69) is 20.0 Å². The molecule has 0 aliphatic carbocycles. The predicted molar refractivity (Wildman–Crippen MR) is 150 cm³/mol. The van der Waals surface area contributed by atoms with Gasteiger partial charge in [-0.1, -0.05) is 30.1 Å². The van der Waals surface area contributed by atoms with Crippen LogP contribution in [0.15, 0.2) is 24.5 Å². The number of nitrogen functional groups attached to an aromatic ring is 1. The number of nitrogens with one attached hydrogen (secondary N) is 1. The van der Waals surface area contributed by atoms with Crippen molar-refractivity contribution < 1.29 is 37.7 Å². The summed E-state index contributed by atoms with van der Waals surface area (Å²) in [6.07, 6.45) is -1.69. The summed E-state index contributed by atoms with van der Waals surface area (Å²) in [5, 5.41) is 14.0. The highest BCUT2D eigenvalue weighted by Crippen LogP contribution is 2.47. The first-order valence-electron chi connectivity index (χ1n) is 12.6. The van der Waals surface area contributed by atoms with Crippen LogP contribution in [0, 0.1) is 5.92 Å². The number of aromatic nitrogens is 4. The lowest BCUT2D eigenvalue weighted by atomic mass is 10.0. The molecule has 3 aromatic rings. The van der Waals surface area contributed by atoms with Crippen molar-refractivity contribution >= 4 is 54.0 Å². The van der Waals surface area contributed by atoms with Gasteiger partial charge in [0, 0.05) is 12.0 Å². The monoisotopic (exact) mass is 632 g/mol. The standard InChI is InChI=1S/C24H31Cl2N6O8P/c1-11(2)38-23(34)13(4)31-41(35,40-14-6-7-15(25)16(26)8-14)37-9-17-19(33)12(3)22(39-17)32-10-28-18-20(32)29-24(27)30-21(18)36-5/h6-8,10-13,17,19,22,33H,9H2,1-5H3,(H,31,35)(H2,27,29,30)/t12-,13-,17+,19-,22+,41?/m0/s1. The van der Waals surface area contributed by atoms with E-state index in [1.165, 1.54) is 38.6 Å². The second-order valence-corrected chi connectivity index (χ2v) is 12.1. The van der Waals surface area contributed by atoms with Gasteiger partial charge in [-0.05, 0) is 32.9 Å². The van der Waals surface area contributed by atoms with Crippen molar-refractivity contribution in [1.82, 2.24) is 24.6 Å². The number of hydrogen-bond donors (Lipinski definition) is 3. The van der Waals surface area contributed by atoms with E-state index in [1.54, 1.807) is 25.3 Å². The molecular formula is C24H31Cl2N6O8P. The first-order valence-corrected chi connectivity index (χ1v) is 14.9. The lowest BCUT2D eigenvalue weighted by Crippen LogP contribution is -2.37. The lowest BCUT2D eigenvalue weighted by Gasteiger charge is -2.25. The molecule has 6 atom stereocenters. The molecule has 1 aromatic carbocycles. The van der Waals surface area contributed by atoms with Crippen LogP contribution in [0.2, 0.25) is 10.0 Å². The van der Waals surface area contributed by atoms with E-state index in [9.17, 15) is 14.5 Å². The highest BCUT2D eigenvalue weighted by atomic mass is 35.5. The molecule has 3 heterocycles. The summed E-state index contributed by atoms with van der Waals surface area (Å²) < 4.78 is 43.4. The van der Waals surface area contributed by atoms with Gasteiger partial charge in [-0.15, -0.1) is 0 Å². The van der Waals surface area contributed by atoms with Crippen LogP contribution in [0.4, 0.5) is 5.95 Å². The Balaban J connectivity index is 1.55. The minimum Gasteiger partial charge on any atom is -0.479 e. The van der Waals surface area contributed by atoms with Gasteiger partial charge in [-0.2, -0.15) is 15.1 Å². The minimum absolute atomic E-state index is 0.0289. The molecule has 224 valence electrons. The summed E-state index contributed by atoms with van der Waals surface area (Å²) in [5.74, 6) is -0.926. The molecule has 0 amide bonds. The van der Waals surface area contributed by atoms with Crippen molar-refractivity contribution in [3.05, 3.63) is 34.6 Å². The third kappa shape index (κ3) is 7.03. The molecule has 1 unspecified atom stereocenters. The number of methoxy groups -OCH3 is 1. The summed E-state index contributed by atoms with van der Waals surface area (Å²) in [5.41, 5.74) is 6.53. The largest absolute Gasteiger partial charge is 0.479 e. The Labute approximate surface area is 246 Å². The number of benzene rings is 1. The Hall–Kier alpha value is -2.71. The van der Waals surface area contributed by atoms with Gasteiger partial charge in [-0.3, -0.25) is 13.9 Å². The maximum Gasteiger partial charge on any atom is 0.459 e. The molecule has 17 heteroatoms. The van der Waals surface area contributed by atoms with Crippen LogP contribution in [-0.4, -0.2) is 68.7 Å². The Bertz CT molecular complexity index is 1460. The lowest BCUT2D eigenvalue weighted by molar-refractivity contribution is -0.149. The molecule has 0 saturated carbocycles. The number of esters is 1. The predicted octanol–water partition coefficient (Wildman–Crippen LogP) is 3.75. The highest BCUT2D eigenvalue weighted by molar-refractivity contribution is 7.52. The number of fused-ring (bicyclic) bond motifs is 1. The zero-order valence-electron chi connectivity index (χ0n) is 22.9. The zero-order valence-corrected chi connectivity index (χ0v) is 25.3. The van der Waals surface area contributed by atoms with E-state index in [0.717, 1.165) is 0 Å². The molecular weight excluding hydrogens is 602 g/mol. The van der Waals surface area contributed by atoms with E-state index in [1.807, 2.05) is 0 Å². The summed E-state index contributed by atoms with van der Waals surface area (Å²) >= 11 is 12.1. The van der Waals surface area contributed by atoms with Gasteiger partial charge in [0.2, 0.25) is 11.8 Å². The first-order chi connectivity index (χ1) is 19.3. The van der Waals surface area contributed by atoms with Crippen LogP contribution < -0.4 is 20.1 Å². The van der Waals surface area contributed by atoms with Crippen LogP contribution in [0.5, 0.6) is 11.6 Å². The maximum atomic E-state index is 13.9. The van der Waals surface area contributed by atoms with Crippen molar-refractivity contribution in [3.63, 3.8) is 0 Å². The number of anilines is 1. The van der Waals surface area contributed by atoms with Crippen LogP contribution in [-0.2, 0) is 23.4 Å². The van der Waals surface area contributed by atoms with Gasteiger partial charge >= 0.3 is 13.7 Å². The highest BCUT2D eigenvalue weighted by Gasteiger charge is 2.44. The van der Waals surface area contributed by atoms with Gasteiger partial charge in [0.15, 0.2) is 11.2 Å². The summed E-state index contributed by atoms with van der Waals surface area (Å²) in [4.78, 5) is 25.0. The van der Waals surface area contributed by atoms with E-state index in [-0.39, 0.29) is 34.2 Å². The molecule has 1 aliphatic heterocycles. The summed E-state index contributed by atoms with van der Waals surface area (Å²) in [6, 6.07) is 3.17. The number of hydrogen-bond acceptors (Lipinski definition) is 12. The Morgan fingerprint density at radius 2 is 2.00 bits per heavy atom. The summed E-state index contributed by atoms with van der Waals surface area (Å²) in [6.45, 7) is 6.19. The zero-order chi connectivity index (χ0) is 30.1. The quantitative estimate of drug-likeness (QED) is 0.205. The average molecular weight is 633 g/mol. The van der Waals surface area contributed by atoms with Gasteiger partial charge < -0.3 is 29.6 Å². The molecule has 1 fully saturated rings. The van der Waals surface area contributed by atoms with Crippen molar-refractivity contribution in [2.45, 2.75) is 58.3 Å². The van der Waals surface area contributed by atoms with Gasteiger partial charge in [0.25, 0.3) is 0 Å².